The van der Waals surface area contributed by atoms with Crippen molar-refractivity contribution in [3.05, 3.63) is 26.7 Å². The van der Waals surface area contributed by atoms with Crippen LogP contribution in [0.2, 0.25) is 0 Å². The van der Waals surface area contributed by atoms with Gasteiger partial charge in [-0.1, -0.05) is 22.9 Å². The van der Waals surface area contributed by atoms with Gasteiger partial charge in [0.1, 0.15) is 11.9 Å². The Bertz CT molecular complexity index is 481. The van der Waals surface area contributed by atoms with Gasteiger partial charge in [-0.25, -0.2) is 0 Å². The third-order valence-electron chi connectivity index (χ3n) is 3.34. The molecule has 0 aliphatic rings. The standard InChI is InChI=1S/C14H19BrO3/c1-6-10(16)13(17)11-9(4)12(15)7(2)8(3)14(11)18-5/h13,17H,6H2,1-5H3. The van der Waals surface area contributed by atoms with Crippen LogP contribution in [0.15, 0.2) is 4.47 Å². The summed E-state index contributed by atoms with van der Waals surface area (Å²) in [4.78, 5) is 11.7. The van der Waals surface area contributed by atoms with Crippen LogP contribution in [-0.4, -0.2) is 18.0 Å². The van der Waals surface area contributed by atoms with Gasteiger partial charge in [0, 0.05) is 16.5 Å². The molecule has 1 aromatic rings. The monoisotopic (exact) mass is 314 g/mol. The maximum atomic E-state index is 11.7. The number of aliphatic hydroxyl groups excluding tert-OH is 1. The zero-order valence-corrected chi connectivity index (χ0v) is 13.0. The molecule has 0 bridgehead atoms. The highest BCUT2D eigenvalue weighted by Crippen LogP contribution is 2.39. The van der Waals surface area contributed by atoms with Crippen LogP contribution in [-0.2, 0) is 4.79 Å². The Kier molecular flexibility index (Phi) is 4.93. The van der Waals surface area contributed by atoms with Gasteiger partial charge in [-0.05, 0) is 37.5 Å². The number of ether oxygens (including phenoxy) is 1. The number of carbonyl (C=O) groups is 1. The molecule has 0 aliphatic heterocycles. The summed E-state index contributed by atoms with van der Waals surface area (Å²) in [6.07, 6.45) is -0.825. The lowest BCUT2D eigenvalue weighted by Gasteiger charge is -2.21. The van der Waals surface area contributed by atoms with Crippen LogP contribution in [0.25, 0.3) is 0 Å². The van der Waals surface area contributed by atoms with Crippen molar-refractivity contribution in [3.8, 4) is 5.75 Å². The third kappa shape index (κ3) is 2.45. The number of methoxy groups -OCH3 is 1. The van der Waals surface area contributed by atoms with E-state index in [0.29, 0.717) is 17.7 Å². The van der Waals surface area contributed by atoms with Crippen molar-refractivity contribution in [2.75, 3.05) is 7.11 Å². The third-order valence-corrected chi connectivity index (χ3v) is 4.53. The molecule has 0 saturated heterocycles. The fourth-order valence-corrected chi connectivity index (χ4v) is 2.56. The maximum absolute atomic E-state index is 11.7. The van der Waals surface area contributed by atoms with Gasteiger partial charge in [-0.15, -0.1) is 0 Å². The summed E-state index contributed by atoms with van der Waals surface area (Å²) in [7, 11) is 1.56. The van der Waals surface area contributed by atoms with E-state index < -0.39 is 6.10 Å². The van der Waals surface area contributed by atoms with Gasteiger partial charge < -0.3 is 9.84 Å². The second kappa shape index (κ2) is 5.85. The number of halogens is 1. The van der Waals surface area contributed by atoms with E-state index in [4.69, 9.17) is 4.74 Å². The Morgan fingerprint density at radius 2 is 1.83 bits per heavy atom. The molecule has 1 rings (SSSR count). The quantitative estimate of drug-likeness (QED) is 0.926. The van der Waals surface area contributed by atoms with Gasteiger partial charge in [0.15, 0.2) is 5.78 Å². The molecule has 18 heavy (non-hydrogen) atoms. The molecule has 0 saturated carbocycles. The normalized spacial score (nSPS) is 12.4. The second-order valence-electron chi connectivity index (χ2n) is 4.36. The first-order valence-electron chi connectivity index (χ1n) is 5.90. The minimum Gasteiger partial charge on any atom is -0.496 e. The van der Waals surface area contributed by atoms with Crippen LogP contribution >= 0.6 is 15.9 Å². The van der Waals surface area contributed by atoms with Crippen LogP contribution in [0.5, 0.6) is 5.75 Å². The van der Waals surface area contributed by atoms with E-state index in [1.807, 2.05) is 20.8 Å². The number of Topliss-reactive ketones (excluding diaryl/α,β-unsaturated/α-hetero) is 1. The highest BCUT2D eigenvalue weighted by Gasteiger charge is 2.26. The zero-order chi connectivity index (χ0) is 14.0. The second-order valence-corrected chi connectivity index (χ2v) is 5.15. The van der Waals surface area contributed by atoms with Gasteiger partial charge >= 0.3 is 0 Å². The number of benzene rings is 1. The number of rotatable bonds is 4. The van der Waals surface area contributed by atoms with Crippen LogP contribution in [0.1, 0.15) is 41.7 Å². The van der Waals surface area contributed by atoms with E-state index in [2.05, 4.69) is 15.9 Å². The summed E-state index contributed by atoms with van der Waals surface area (Å²) < 4.78 is 6.29. The Morgan fingerprint density at radius 1 is 1.28 bits per heavy atom. The first-order valence-corrected chi connectivity index (χ1v) is 6.69. The Labute approximate surface area is 116 Å². The molecule has 100 valence electrons. The van der Waals surface area contributed by atoms with Crippen molar-refractivity contribution in [2.24, 2.45) is 0 Å². The van der Waals surface area contributed by atoms with Crippen LogP contribution in [0, 0.1) is 20.8 Å². The topological polar surface area (TPSA) is 46.5 Å². The number of hydrogen-bond acceptors (Lipinski definition) is 3. The smallest absolute Gasteiger partial charge is 0.165 e. The molecule has 0 aromatic heterocycles. The lowest BCUT2D eigenvalue weighted by Crippen LogP contribution is -2.15. The summed E-state index contributed by atoms with van der Waals surface area (Å²) in [5, 5.41) is 10.2. The van der Waals surface area contributed by atoms with Gasteiger partial charge in [-0.3, -0.25) is 4.79 Å². The Hall–Kier alpha value is -0.870. The predicted molar refractivity (Wildman–Crippen MR) is 75.2 cm³/mol. The molecule has 3 nitrogen and oxygen atoms in total. The molecular weight excluding hydrogens is 296 g/mol. The summed E-state index contributed by atoms with van der Waals surface area (Å²) >= 11 is 3.51. The molecule has 1 N–H and O–H groups in total. The molecule has 0 spiro atoms. The van der Waals surface area contributed by atoms with Gasteiger partial charge in [0.25, 0.3) is 0 Å². The molecule has 0 aliphatic carbocycles. The van der Waals surface area contributed by atoms with E-state index >= 15 is 0 Å². The zero-order valence-electron chi connectivity index (χ0n) is 11.4. The molecule has 0 radical (unpaired) electrons. The van der Waals surface area contributed by atoms with Crippen molar-refractivity contribution in [2.45, 2.75) is 40.2 Å². The fourth-order valence-electron chi connectivity index (χ4n) is 2.05. The molecule has 0 amide bonds. The molecule has 1 atom stereocenters. The fraction of sp³-hybridized carbons (Fsp3) is 0.500. The van der Waals surface area contributed by atoms with Crippen molar-refractivity contribution < 1.29 is 14.6 Å². The summed E-state index contributed by atoms with van der Waals surface area (Å²) in [5.74, 6) is 0.397. The molecular formula is C14H19BrO3. The molecule has 1 aromatic carbocycles. The lowest BCUT2D eigenvalue weighted by atomic mass is 9.93. The molecule has 1 unspecified atom stereocenters. The van der Waals surface area contributed by atoms with Gasteiger partial charge in [-0.2, -0.15) is 0 Å². The Balaban J connectivity index is 3.56. The summed E-state index contributed by atoms with van der Waals surface area (Å²) in [5.41, 5.74) is 3.42. The summed E-state index contributed by atoms with van der Waals surface area (Å²) in [6, 6.07) is 0. The Morgan fingerprint density at radius 3 is 2.28 bits per heavy atom. The van der Waals surface area contributed by atoms with Gasteiger partial charge in [0.05, 0.1) is 7.11 Å². The molecule has 4 heteroatoms. The highest BCUT2D eigenvalue weighted by molar-refractivity contribution is 9.10. The maximum Gasteiger partial charge on any atom is 0.165 e. The predicted octanol–water partition coefficient (Wildman–Crippen LogP) is 3.40. The first kappa shape index (κ1) is 15.2. The van der Waals surface area contributed by atoms with E-state index in [1.165, 1.54) is 0 Å². The van der Waals surface area contributed by atoms with Crippen LogP contribution in [0.3, 0.4) is 0 Å². The van der Waals surface area contributed by atoms with Crippen LogP contribution < -0.4 is 4.74 Å². The van der Waals surface area contributed by atoms with Gasteiger partial charge in [0.2, 0.25) is 0 Å². The minimum atomic E-state index is -1.12. The molecule has 0 heterocycles. The van der Waals surface area contributed by atoms with E-state index in [9.17, 15) is 9.90 Å². The lowest BCUT2D eigenvalue weighted by molar-refractivity contribution is -0.127. The number of hydrogen-bond donors (Lipinski definition) is 1. The van der Waals surface area contributed by atoms with Crippen molar-refractivity contribution in [1.29, 1.82) is 0 Å². The number of ketones is 1. The van der Waals surface area contributed by atoms with Crippen molar-refractivity contribution in [1.82, 2.24) is 0 Å². The van der Waals surface area contributed by atoms with Crippen molar-refractivity contribution >= 4 is 21.7 Å². The number of carbonyl (C=O) groups excluding carboxylic acids is 1. The largest absolute Gasteiger partial charge is 0.496 e. The van der Waals surface area contributed by atoms with Crippen molar-refractivity contribution in [3.63, 3.8) is 0 Å². The molecule has 0 fully saturated rings. The minimum absolute atomic E-state index is 0.202. The van der Waals surface area contributed by atoms with E-state index in [0.717, 1.165) is 21.2 Å². The van der Waals surface area contributed by atoms with E-state index in [1.54, 1.807) is 14.0 Å². The SMILES string of the molecule is CCC(=O)C(O)c1c(C)c(Br)c(C)c(C)c1OC. The summed E-state index contributed by atoms with van der Waals surface area (Å²) in [6.45, 7) is 7.52. The van der Waals surface area contributed by atoms with Crippen LogP contribution in [0.4, 0.5) is 0 Å². The number of aliphatic hydroxyl groups is 1. The average Bonchev–Trinajstić information content (AvgIpc) is 2.38. The average molecular weight is 315 g/mol. The first-order chi connectivity index (χ1) is 8.36. The van der Waals surface area contributed by atoms with E-state index in [-0.39, 0.29) is 5.78 Å². The highest BCUT2D eigenvalue weighted by atomic mass is 79.9.